The molecular formula is C13H10N2O4S. The average molecular weight is 290 g/mol. The molecule has 20 heavy (non-hydrogen) atoms. The molecule has 102 valence electrons. The largest absolute Gasteiger partial charge is 0.464 e. The standard InChI is InChI=1S/C13H10N2O4S/c1-2-18-13(17)10-14-11(16)9-7(6-20-12(9)15-10)8-4-3-5-19-8/h3-6H,2H2,1H3,(H,14,15,16). The highest BCUT2D eigenvalue weighted by Crippen LogP contribution is 2.30. The number of fused-ring (bicyclic) bond motifs is 1. The fraction of sp³-hybridized carbons (Fsp3) is 0.154. The van der Waals surface area contributed by atoms with Crippen LogP contribution in [0.3, 0.4) is 0 Å². The number of esters is 1. The summed E-state index contributed by atoms with van der Waals surface area (Å²) in [6.45, 7) is 1.91. The molecule has 0 bridgehead atoms. The van der Waals surface area contributed by atoms with Gasteiger partial charge in [0.05, 0.1) is 18.3 Å². The minimum absolute atomic E-state index is 0.0859. The van der Waals surface area contributed by atoms with E-state index in [9.17, 15) is 9.59 Å². The Bertz CT molecular complexity index is 817. The first kappa shape index (κ1) is 12.6. The van der Waals surface area contributed by atoms with Gasteiger partial charge >= 0.3 is 5.97 Å². The SMILES string of the molecule is CCOC(=O)c1nc2scc(-c3ccco3)c2c(=O)[nH]1. The molecule has 0 saturated carbocycles. The van der Waals surface area contributed by atoms with E-state index in [1.807, 2.05) is 0 Å². The monoisotopic (exact) mass is 290 g/mol. The van der Waals surface area contributed by atoms with Crippen molar-refractivity contribution in [3.05, 3.63) is 40.0 Å². The predicted molar refractivity (Wildman–Crippen MR) is 73.9 cm³/mol. The van der Waals surface area contributed by atoms with Crippen molar-refractivity contribution in [1.29, 1.82) is 0 Å². The Morgan fingerprint density at radius 2 is 2.40 bits per heavy atom. The summed E-state index contributed by atoms with van der Waals surface area (Å²) in [6.07, 6.45) is 1.54. The normalized spacial score (nSPS) is 10.8. The third-order valence-corrected chi connectivity index (χ3v) is 3.57. The van der Waals surface area contributed by atoms with Gasteiger partial charge in [0.2, 0.25) is 5.82 Å². The number of furan rings is 1. The van der Waals surface area contributed by atoms with Crippen molar-refractivity contribution in [2.24, 2.45) is 0 Å². The molecule has 0 unspecified atom stereocenters. The van der Waals surface area contributed by atoms with Crippen molar-refractivity contribution >= 4 is 27.5 Å². The second-order valence-corrected chi connectivity index (χ2v) is 4.80. The first-order valence-corrected chi connectivity index (χ1v) is 6.81. The third-order valence-electron chi connectivity index (χ3n) is 2.70. The Kier molecular flexibility index (Phi) is 3.11. The quantitative estimate of drug-likeness (QED) is 0.749. The average Bonchev–Trinajstić information content (AvgIpc) is 3.07. The molecule has 0 aromatic carbocycles. The number of carbonyl (C=O) groups is 1. The lowest BCUT2D eigenvalue weighted by Crippen LogP contribution is -2.17. The molecule has 0 aliphatic heterocycles. The molecule has 3 aromatic heterocycles. The number of rotatable bonds is 3. The highest BCUT2D eigenvalue weighted by molar-refractivity contribution is 7.17. The van der Waals surface area contributed by atoms with Crippen molar-refractivity contribution in [3.63, 3.8) is 0 Å². The highest BCUT2D eigenvalue weighted by atomic mass is 32.1. The van der Waals surface area contributed by atoms with Crippen molar-refractivity contribution in [3.8, 4) is 11.3 Å². The Hall–Kier alpha value is -2.41. The number of thiophene rings is 1. The van der Waals surface area contributed by atoms with Crippen LogP contribution in [0.4, 0.5) is 0 Å². The number of ether oxygens (including phenoxy) is 1. The lowest BCUT2D eigenvalue weighted by Gasteiger charge is -2.00. The molecule has 3 rings (SSSR count). The Balaban J connectivity index is 2.17. The van der Waals surface area contributed by atoms with Crippen LogP contribution in [0.25, 0.3) is 21.5 Å². The van der Waals surface area contributed by atoms with Crippen LogP contribution in [0, 0.1) is 0 Å². The van der Waals surface area contributed by atoms with Gasteiger partial charge in [-0.05, 0) is 19.1 Å². The number of nitrogens with zero attached hydrogens (tertiary/aromatic N) is 1. The van der Waals surface area contributed by atoms with E-state index in [0.717, 1.165) is 0 Å². The molecule has 0 aliphatic carbocycles. The maximum atomic E-state index is 12.1. The van der Waals surface area contributed by atoms with Gasteiger partial charge < -0.3 is 14.1 Å². The van der Waals surface area contributed by atoms with Crippen LogP contribution < -0.4 is 5.56 Å². The second kappa shape index (κ2) is 4.93. The van der Waals surface area contributed by atoms with Crippen molar-refractivity contribution in [1.82, 2.24) is 9.97 Å². The smallest absolute Gasteiger partial charge is 0.374 e. The van der Waals surface area contributed by atoms with Crippen LogP contribution in [0.2, 0.25) is 0 Å². The number of hydrogen-bond acceptors (Lipinski definition) is 6. The molecule has 6 nitrogen and oxygen atoms in total. The third kappa shape index (κ3) is 2.01. The van der Waals surface area contributed by atoms with Crippen LogP contribution in [0.5, 0.6) is 0 Å². The number of nitrogens with one attached hydrogen (secondary N) is 1. The van der Waals surface area contributed by atoms with Crippen LogP contribution in [0.15, 0.2) is 33.0 Å². The molecule has 0 radical (unpaired) electrons. The summed E-state index contributed by atoms with van der Waals surface area (Å²) in [5.41, 5.74) is 0.282. The minimum Gasteiger partial charge on any atom is -0.464 e. The van der Waals surface area contributed by atoms with Crippen LogP contribution in [-0.4, -0.2) is 22.5 Å². The van der Waals surface area contributed by atoms with E-state index in [2.05, 4.69) is 9.97 Å². The topological polar surface area (TPSA) is 85.2 Å². The van der Waals surface area contributed by atoms with E-state index >= 15 is 0 Å². The molecule has 0 fully saturated rings. The Morgan fingerprint density at radius 1 is 1.55 bits per heavy atom. The molecule has 0 saturated heterocycles. The van der Waals surface area contributed by atoms with Crippen LogP contribution in [-0.2, 0) is 4.74 Å². The van der Waals surface area contributed by atoms with Crippen LogP contribution >= 0.6 is 11.3 Å². The predicted octanol–water partition coefficient (Wildman–Crippen LogP) is 2.42. The van der Waals surface area contributed by atoms with E-state index < -0.39 is 5.97 Å². The van der Waals surface area contributed by atoms with Gasteiger partial charge in [0.25, 0.3) is 5.56 Å². The van der Waals surface area contributed by atoms with Crippen molar-refractivity contribution in [2.75, 3.05) is 6.61 Å². The number of H-pyrrole nitrogens is 1. The molecule has 0 aliphatic rings. The zero-order valence-corrected chi connectivity index (χ0v) is 11.3. The van der Waals surface area contributed by atoms with Gasteiger partial charge in [0.1, 0.15) is 10.6 Å². The fourth-order valence-electron chi connectivity index (χ4n) is 1.86. The maximum absolute atomic E-state index is 12.1. The van der Waals surface area contributed by atoms with E-state index in [1.54, 1.807) is 24.4 Å². The van der Waals surface area contributed by atoms with Gasteiger partial charge in [-0.25, -0.2) is 9.78 Å². The molecule has 0 spiro atoms. The summed E-state index contributed by atoms with van der Waals surface area (Å²) in [5.74, 6) is -0.135. The van der Waals surface area contributed by atoms with Crippen molar-refractivity contribution < 1.29 is 13.9 Å². The maximum Gasteiger partial charge on any atom is 0.374 e. The zero-order chi connectivity index (χ0) is 14.1. The summed E-state index contributed by atoms with van der Waals surface area (Å²) in [6, 6.07) is 3.51. The lowest BCUT2D eigenvalue weighted by atomic mass is 10.2. The number of hydrogen-bond donors (Lipinski definition) is 1. The van der Waals surface area contributed by atoms with E-state index in [0.29, 0.717) is 21.5 Å². The summed E-state index contributed by atoms with van der Waals surface area (Å²) < 4.78 is 10.1. The number of aromatic nitrogens is 2. The first-order chi connectivity index (χ1) is 9.70. The van der Waals surface area contributed by atoms with E-state index in [1.165, 1.54) is 17.6 Å². The van der Waals surface area contributed by atoms with E-state index in [4.69, 9.17) is 9.15 Å². The zero-order valence-electron chi connectivity index (χ0n) is 10.5. The Morgan fingerprint density at radius 3 is 3.10 bits per heavy atom. The van der Waals surface area contributed by atoms with Gasteiger partial charge in [-0.15, -0.1) is 11.3 Å². The molecular weight excluding hydrogens is 280 g/mol. The number of carbonyl (C=O) groups excluding carboxylic acids is 1. The van der Waals surface area contributed by atoms with Crippen molar-refractivity contribution in [2.45, 2.75) is 6.92 Å². The van der Waals surface area contributed by atoms with Gasteiger partial charge in [0, 0.05) is 10.9 Å². The van der Waals surface area contributed by atoms with Crippen LogP contribution in [0.1, 0.15) is 17.5 Å². The highest BCUT2D eigenvalue weighted by Gasteiger charge is 2.17. The molecule has 3 heterocycles. The lowest BCUT2D eigenvalue weighted by molar-refractivity contribution is 0.0512. The minimum atomic E-state index is -0.639. The van der Waals surface area contributed by atoms with E-state index in [-0.39, 0.29) is 18.0 Å². The number of aromatic amines is 1. The fourth-order valence-corrected chi connectivity index (χ4v) is 2.79. The summed E-state index contributed by atoms with van der Waals surface area (Å²) in [4.78, 5) is 30.8. The molecule has 3 aromatic rings. The molecule has 0 amide bonds. The second-order valence-electron chi connectivity index (χ2n) is 3.94. The Labute approximate surface area is 117 Å². The van der Waals surface area contributed by atoms with Gasteiger partial charge in [0.15, 0.2) is 0 Å². The van der Waals surface area contributed by atoms with Gasteiger partial charge in [-0.3, -0.25) is 4.79 Å². The molecule has 0 atom stereocenters. The van der Waals surface area contributed by atoms with Gasteiger partial charge in [-0.2, -0.15) is 0 Å². The first-order valence-electron chi connectivity index (χ1n) is 5.93. The summed E-state index contributed by atoms with van der Waals surface area (Å²) >= 11 is 1.28. The van der Waals surface area contributed by atoms with Gasteiger partial charge in [-0.1, -0.05) is 0 Å². The summed E-state index contributed by atoms with van der Waals surface area (Å²) in [5, 5.41) is 2.19. The molecule has 1 N–H and O–H groups in total. The summed E-state index contributed by atoms with van der Waals surface area (Å²) in [7, 11) is 0. The molecule has 7 heteroatoms.